The van der Waals surface area contributed by atoms with Crippen LogP contribution in [-0.4, -0.2) is 82.6 Å². The molecule has 1 aromatic rings. The number of carboxylic acid groups (broad SMARTS) is 1. The Kier molecular flexibility index (Phi) is 11.5. The predicted octanol–water partition coefficient (Wildman–Crippen LogP) is 4.00. The van der Waals surface area contributed by atoms with E-state index in [1.807, 2.05) is 6.07 Å². The fourth-order valence-electron chi connectivity index (χ4n) is 6.08. The van der Waals surface area contributed by atoms with E-state index in [4.69, 9.17) is 17.3 Å². The van der Waals surface area contributed by atoms with Crippen molar-refractivity contribution < 1.29 is 24.9 Å². The molecule has 2 fully saturated rings. The average molecular weight is 553 g/mol. The quantitative estimate of drug-likeness (QED) is 0.281. The van der Waals surface area contributed by atoms with Crippen LogP contribution in [0.2, 0.25) is 5.02 Å². The Morgan fingerprint density at radius 1 is 1.24 bits per heavy atom. The standard InChI is InChI=1S/C28H45ClN4O5/c1-32(27(36)37)14-7-13-28(38,21-10-5-12-23(29)17-21)22-11-6-15-33(19-22)26(35)31-24(25(34)18-30)16-20-8-3-2-4-9-20/h5,10,12,17,20,22,24-25,34,38H,2-4,6-9,11,13-16,18-19,30H2,1H3,(H,31,35)(H,36,37)/t22-,24+,25-,28-/m1/s1. The number of piperidine rings is 1. The van der Waals surface area contributed by atoms with Gasteiger partial charge in [0.1, 0.15) is 0 Å². The Bertz CT molecular complexity index is 915. The molecule has 0 unspecified atom stereocenters. The summed E-state index contributed by atoms with van der Waals surface area (Å²) in [5.74, 6) is 0.216. The number of hydrogen-bond acceptors (Lipinski definition) is 5. The number of amides is 3. The number of urea groups is 1. The summed E-state index contributed by atoms with van der Waals surface area (Å²) in [5.41, 5.74) is 5.17. The summed E-state index contributed by atoms with van der Waals surface area (Å²) in [7, 11) is 1.51. The Labute approximate surface area is 231 Å². The molecule has 9 nitrogen and oxygen atoms in total. The molecule has 6 N–H and O–H groups in total. The van der Waals surface area contributed by atoms with Gasteiger partial charge in [-0.1, -0.05) is 55.8 Å². The number of carbonyl (C=O) groups excluding carboxylic acids is 1. The second kappa shape index (κ2) is 14.4. The van der Waals surface area contributed by atoms with Crippen molar-refractivity contribution in [3.8, 4) is 0 Å². The van der Waals surface area contributed by atoms with Crippen LogP contribution in [0.1, 0.15) is 69.8 Å². The molecule has 1 saturated heterocycles. The fraction of sp³-hybridized carbons (Fsp3) is 0.714. The highest BCUT2D eigenvalue weighted by Gasteiger charge is 2.42. The lowest BCUT2D eigenvalue weighted by Gasteiger charge is -2.43. The first-order valence-electron chi connectivity index (χ1n) is 14.0. The maximum atomic E-state index is 13.4. The van der Waals surface area contributed by atoms with E-state index < -0.39 is 23.8 Å². The number of aliphatic hydroxyl groups is 2. The molecule has 1 aromatic carbocycles. The van der Waals surface area contributed by atoms with Crippen LogP contribution in [0.3, 0.4) is 0 Å². The number of aliphatic hydroxyl groups excluding tert-OH is 1. The predicted molar refractivity (Wildman–Crippen MR) is 148 cm³/mol. The Morgan fingerprint density at radius 3 is 2.63 bits per heavy atom. The molecule has 4 atom stereocenters. The summed E-state index contributed by atoms with van der Waals surface area (Å²) in [4.78, 5) is 27.6. The van der Waals surface area contributed by atoms with E-state index in [0.29, 0.717) is 48.9 Å². The Hall–Kier alpha value is -2.07. The minimum atomic E-state index is -1.28. The highest BCUT2D eigenvalue weighted by Crippen LogP contribution is 2.40. The van der Waals surface area contributed by atoms with Crippen molar-refractivity contribution in [3.05, 3.63) is 34.9 Å². The molecule has 0 aromatic heterocycles. The number of hydrogen-bond donors (Lipinski definition) is 5. The number of carbonyl (C=O) groups is 2. The summed E-state index contributed by atoms with van der Waals surface area (Å²) in [6.45, 7) is 1.28. The molecule has 214 valence electrons. The Morgan fingerprint density at radius 2 is 1.97 bits per heavy atom. The monoisotopic (exact) mass is 552 g/mol. The van der Waals surface area contributed by atoms with Crippen LogP contribution in [-0.2, 0) is 5.60 Å². The van der Waals surface area contributed by atoms with E-state index in [1.165, 1.54) is 31.2 Å². The van der Waals surface area contributed by atoms with Crippen molar-refractivity contribution in [2.45, 2.75) is 82.0 Å². The molecule has 38 heavy (non-hydrogen) atoms. The van der Waals surface area contributed by atoms with Crippen molar-refractivity contribution in [2.75, 3.05) is 33.2 Å². The number of benzene rings is 1. The van der Waals surface area contributed by atoms with E-state index in [2.05, 4.69) is 5.32 Å². The van der Waals surface area contributed by atoms with Crippen LogP contribution < -0.4 is 11.1 Å². The Balaban J connectivity index is 1.72. The van der Waals surface area contributed by atoms with Gasteiger partial charge in [-0.05, 0) is 55.7 Å². The van der Waals surface area contributed by atoms with Gasteiger partial charge in [0.25, 0.3) is 0 Å². The van der Waals surface area contributed by atoms with Gasteiger partial charge in [-0.2, -0.15) is 0 Å². The topological polar surface area (TPSA) is 139 Å². The van der Waals surface area contributed by atoms with Crippen molar-refractivity contribution >= 4 is 23.7 Å². The largest absolute Gasteiger partial charge is 0.465 e. The average Bonchev–Trinajstić information content (AvgIpc) is 2.92. The van der Waals surface area contributed by atoms with Gasteiger partial charge in [-0.25, -0.2) is 9.59 Å². The van der Waals surface area contributed by atoms with Gasteiger partial charge >= 0.3 is 12.1 Å². The number of likely N-dealkylation sites (tertiary alicyclic amines) is 1. The van der Waals surface area contributed by atoms with Crippen LogP contribution in [0.25, 0.3) is 0 Å². The van der Waals surface area contributed by atoms with E-state index in [-0.39, 0.29) is 25.0 Å². The first-order chi connectivity index (χ1) is 18.1. The maximum Gasteiger partial charge on any atom is 0.407 e. The van der Waals surface area contributed by atoms with Crippen LogP contribution in [0.5, 0.6) is 0 Å². The van der Waals surface area contributed by atoms with E-state index in [1.54, 1.807) is 23.1 Å². The molecule has 10 heteroatoms. The number of nitrogens with two attached hydrogens (primary N) is 1. The number of nitrogens with one attached hydrogen (secondary N) is 1. The number of rotatable bonds is 11. The van der Waals surface area contributed by atoms with Gasteiger partial charge in [0.2, 0.25) is 0 Å². The van der Waals surface area contributed by atoms with Crippen molar-refractivity contribution in [3.63, 3.8) is 0 Å². The van der Waals surface area contributed by atoms with E-state index >= 15 is 0 Å². The van der Waals surface area contributed by atoms with Gasteiger partial charge in [0, 0.05) is 44.2 Å². The molecular formula is C28H45ClN4O5. The lowest BCUT2D eigenvalue weighted by molar-refractivity contribution is -0.0564. The second-order valence-corrected chi connectivity index (χ2v) is 11.6. The van der Waals surface area contributed by atoms with Gasteiger partial charge in [0.05, 0.1) is 17.7 Å². The zero-order valence-electron chi connectivity index (χ0n) is 22.5. The third kappa shape index (κ3) is 8.21. The molecule has 1 aliphatic heterocycles. The highest BCUT2D eigenvalue weighted by molar-refractivity contribution is 6.30. The lowest BCUT2D eigenvalue weighted by Crippen LogP contribution is -2.55. The molecule has 1 heterocycles. The third-order valence-electron chi connectivity index (χ3n) is 8.41. The summed E-state index contributed by atoms with van der Waals surface area (Å²) in [6, 6.07) is 6.47. The van der Waals surface area contributed by atoms with Gasteiger partial charge < -0.3 is 36.2 Å². The minimum Gasteiger partial charge on any atom is -0.465 e. The molecule has 0 spiro atoms. The van der Waals surface area contributed by atoms with E-state index in [9.17, 15) is 24.9 Å². The van der Waals surface area contributed by atoms with Crippen molar-refractivity contribution in [1.82, 2.24) is 15.1 Å². The molecule has 2 aliphatic rings. The molecule has 1 aliphatic carbocycles. The molecule has 3 rings (SSSR count). The van der Waals surface area contributed by atoms with Crippen LogP contribution >= 0.6 is 11.6 Å². The number of nitrogens with zero attached hydrogens (tertiary/aromatic N) is 2. The summed E-state index contributed by atoms with van der Waals surface area (Å²) in [5, 5.41) is 35.4. The molecule has 3 amide bonds. The highest BCUT2D eigenvalue weighted by atomic mass is 35.5. The summed E-state index contributed by atoms with van der Waals surface area (Å²) < 4.78 is 0. The fourth-order valence-corrected chi connectivity index (χ4v) is 6.27. The van der Waals surface area contributed by atoms with Crippen LogP contribution in [0.4, 0.5) is 9.59 Å². The first kappa shape index (κ1) is 30.5. The van der Waals surface area contributed by atoms with Crippen molar-refractivity contribution in [1.29, 1.82) is 0 Å². The second-order valence-electron chi connectivity index (χ2n) is 11.1. The van der Waals surface area contributed by atoms with Gasteiger partial charge in [0.15, 0.2) is 0 Å². The van der Waals surface area contributed by atoms with Gasteiger partial charge in [-0.3, -0.25) is 0 Å². The third-order valence-corrected chi connectivity index (χ3v) is 8.65. The normalized spacial score (nSPS) is 21.8. The summed E-state index contributed by atoms with van der Waals surface area (Å²) >= 11 is 6.27. The molecule has 1 saturated carbocycles. The maximum absolute atomic E-state index is 13.4. The minimum absolute atomic E-state index is 0.0829. The zero-order chi connectivity index (χ0) is 27.7. The van der Waals surface area contributed by atoms with Crippen LogP contribution in [0.15, 0.2) is 24.3 Å². The SMILES string of the molecule is CN(CCC[C@@](O)(c1cccc(Cl)c1)[C@@H]1CCCN(C(=O)N[C@@H](CC2CCCCC2)[C@H](O)CN)C1)C(=O)O. The smallest absolute Gasteiger partial charge is 0.407 e. The molecular weight excluding hydrogens is 508 g/mol. The van der Waals surface area contributed by atoms with Crippen LogP contribution in [0, 0.1) is 11.8 Å². The first-order valence-corrected chi connectivity index (χ1v) is 14.4. The number of halogens is 1. The van der Waals surface area contributed by atoms with E-state index in [0.717, 1.165) is 25.7 Å². The van der Waals surface area contributed by atoms with Crippen molar-refractivity contribution in [2.24, 2.45) is 17.6 Å². The van der Waals surface area contributed by atoms with Gasteiger partial charge in [-0.15, -0.1) is 0 Å². The zero-order valence-corrected chi connectivity index (χ0v) is 23.3. The summed E-state index contributed by atoms with van der Waals surface area (Å²) in [6.07, 6.45) is 6.96. The molecule has 0 radical (unpaired) electrons. The lowest BCUT2D eigenvalue weighted by atomic mass is 9.74. The molecule has 0 bridgehead atoms.